The highest BCUT2D eigenvalue weighted by Crippen LogP contribution is 2.24. The lowest BCUT2D eigenvalue weighted by Crippen LogP contribution is -2.44. The van der Waals surface area contributed by atoms with Crippen molar-refractivity contribution in [2.24, 2.45) is 0 Å². The second kappa shape index (κ2) is 7.00. The van der Waals surface area contributed by atoms with E-state index in [4.69, 9.17) is 0 Å². The molecule has 0 bridgehead atoms. The number of nitrogens with zero attached hydrogens (tertiary/aromatic N) is 3. The van der Waals surface area contributed by atoms with Crippen LogP contribution in [0.5, 0.6) is 0 Å². The molecule has 0 aliphatic carbocycles. The first kappa shape index (κ1) is 17.1. The van der Waals surface area contributed by atoms with Gasteiger partial charge in [-0.1, -0.05) is 6.07 Å². The van der Waals surface area contributed by atoms with E-state index in [0.717, 1.165) is 24.9 Å². The minimum Gasteiger partial charge on any atom is -0.310 e. The maximum Gasteiger partial charge on any atom is 0.246 e. The number of hydrogen-bond acceptors (Lipinski definition) is 5. The fourth-order valence-electron chi connectivity index (χ4n) is 3.11. The molecule has 8 heteroatoms. The monoisotopic (exact) mass is 349 g/mol. The summed E-state index contributed by atoms with van der Waals surface area (Å²) in [6, 6.07) is 4.27. The summed E-state index contributed by atoms with van der Waals surface area (Å²) in [5.41, 5.74) is 2.27. The molecule has 0 unspecified atom stereocenters. The summed E-state index contributed by atoms with van der Waals surface area (Å²) in [5, 5.41) is 10.2. The van der Waals surface area contributed by atoms with Gasteiger partial charge in [-0.2, -0.15) is 9.40 Å². The van der Waals surface area contributed by atoms with Crippen LogP contribution in [-0.2, 0) is 16.6 Å². The van der Waals surface area contributed by atoms with E-state index in [1.54, 1.807) is 24.3 Å². The third kappa shape index (κ3) is 3.50. The van der Waals surface area contributed by atoms with E-state index in [2.05, 4.69) is 20.5 Å². The first-order valence-corrected chi connectivity index (χ1v) is 9.56. The lowest BCUT2D eigenvalue weighted by Gasteiger charge is -2.31. The molecule has 3 heterocycles. The molecule has 0 atom stereocenters. The van der Waals surface area contributed by atoms with Crippen molar-refractivity contribution in [3.05, 3.63) is 41.5 Å². The summed E-state index contributed by atoms with van der Waals surface area (Å²) in [7, 11) is -3.47. The van der Waals surface area contributed by atoms with Crippen LogP contribution in [-0.4, -0.2) is 47.0 Å². The number of aryl methyl sites for hydroxylation is 2. The molecule has 1 fully saturated rings. The van der Waals surface area contributed by atoms with Gasteiger partial charge in [0.25, 0.3) is 0 Å². The molecule has 1 aliphatic heterocycles. The van der Waals surface area contributed by atoms with Gasteiger partial charge in [-0.25, -0.2) is 8.42 Å². The molecule has 1 saturated heterocycles. The highest BCUT2D eigenvalue weighted by molar-refractivity contribution is 7.89. The van der Waals surface area contributed by atoms with Crippen LogP contribution in [0.1, 0.15) is 29.8 Å². The first-order valence-electron chi connectivity index (χ1n) is 8.12. The van der Waals surface area contributed by atoms with Crippen LogP contribution in [0, 0.1) is 13.8 Å². The number of pyridine rings is 1. The third-order valence-corrected chi connectivity index (χ3v) is 6.59. The van der Waals surface area contributed by atoms with E-state index in [0.29, 0.717) is 35.4 Å². The van der Waals surface area contributed by atoms with E-state index >= 15 is 0 Å². The van der Waals surface area contributed by atoms with E-state index in [1.165, 1.54) is 0 Å². The van der Waals surface area contributed by atoms with E-state index in [9.17, 15) is 8.42 Å². The summed E-state index contributed by atoms with van der Waals surface area (Å²) < 4.78 is 27.2. The summed E-state index contributed by atoms with van der Waals surface area (Å²) >= 11 is 0. The highest BCUT2D eigenvalue weighted by atomic mass is 32.2. The number of hydrogen-bond donors (Lipinski definition) is 2. The Morgan fingerprint density at radius 2 is 2.08 bits per heavy atom. The zero-order chi connectivity index (χ0) is 17.2. The lowest BCUT2D eigenvalue weighted by atomic mass is 10.1. The Labute approximate surface area is 142 Å². The van der Waals surface area contributed by atoms with Gasteiger partial charge in [-0.15, -0.1) is 0 Å². The molecule has 1 aliphatic rings. The maximum atomic E-state index is 12.8. The highest BCUT2D eigenvalue weighted by Gasteiger charge is 2.32. The SMILES string of the molecule is Cc1n[nH]c(C)c1S(=O)(=O)N1CCC(NCc2cccnc2)CC1. The molecule has 24 heavy (non-hydrogen) atoms. The summed E-state index contributed by atoms with van der Waals surface area (Å²) in [6.45, 7) is 5.27. The number of aromatic amines is 1. The number of H-pyrrole nitrogens is 1. The van der Waals surface area contributed by atoms with Crippen molar-refractivity contribution in [2.75, 3.05) is 13.1 Å². The Kier molecular flexibility index (Phi) is 4.98. The second-order valence-corrected chi connectivity index (χ2v) is 8.06. The molecule has 2 N–H and O–H groups in total. The molecule has 0 spiro atoms. The molecule has 7 nitrogen and oxygen atoms in total. The molecule has 0 aromatic carbocycles. The van der Waals surface area contributed by atoms with E-state index in [-0.39, 0.29) is 0 Å². The van der Waals surface area contributed by atoms with Gasteiger partial charge >= 0.3 is 0 Å². The van der Waals surface area contributed by atoms with Crippen LogP contribution < -0.4 is 5.32 Å². The molecular weight excluding hydrogens is 326 g/mol. The fraction of sp³-hybridized carbons (Fsp3) is 0.500. The first-order chi connectivity index (χ1) is 11.5. The zero-order valence-electron chi connectivity index (χ0n) is 14.0. The average molecular weight is 349 g/mol. The molecule has 2 aromatic heterocycles. The fourth-order valence-corrected chi connectivity index (χ4v) is 4.92. The standard InChI is InChI=1S/C16H23N5O2S/c1-12-16(13(2)20-19-12)24(22,23)21-8-5-15(6-9-21)18-11-14-4-3-7-17-10-14/h3-4,7,10,15,18H,5-6,8-9,11H2,1-2H3,(H,19,20). The quantitative estimate of drug-likeness (QED) is 0.851. The van der Waals surface area contributed by atoms with Gasteiger partial charge < -0.3 is 5.32 Å². The van der Waals surface area contributed by atoms with Gasteiger partial charge in [0.05, 0.1) is 11.4 Å². The lowest BCUT2D eigenvalue weighted by molar-refractivity contribution is 0.288. The van der Waals surface area contributed by atoms with Crippen molar-refractivity contribution in [1.82, 2.24) is 24.8 Å². The predicted octanol–water partition coefficient (Wildman–Crippen LogP) is 1.36. The van der Waals surface area contributed by atoms with Gasteiger partial charge in [0.2, 0.25) is 10.0 Å². The Balaban J connectivity index is 1.59. The van der Waals surface area contributed by atoms with Crippen LogP contribution >= 0.6 is 0 Å². The number of nitrogens with one attached hydrogen (secondary N) is 2. The van der Waals surface area contributed by atoms with Crippen LogP contribution in [0.4, 0.5) is 0 Å². The Hall–Kier alpha value is -1.77. The van der Waals surface area contributed by atoms with Gasteiger partial charge in [0.1, 0.15) is 4.90 Å². The third-order valence-electron chi connectivity index (χ3n) is 4.43. The van der Waals surface area contributed by atoms with Gasteiger partial charge in [-0.3, -0.25) is 10.1 Å². The van der Waals surface area contributed by atoms with E-state index in [1.807, 2.05) is 18.3 Å². The van der Waals surface area contributed by atoms with Crippen molar-refractivity contribution in [2.45, 2.75) is 44.2 Å². The molecule has 2 aromatic rings. The minimum absolute atomic E-state index is 0.322. The summed E-state index contributed by atoms with van der Waals surface area (Å²) in [4.78, 5) is 4.42. The Bertz CT molecular complexity index is 761. The van der Waals surface area contributed by atoms with Crippen molar-refractivity contribution in [3.63, 3.8) is 0 Å². The second-order valence-electron chi connectivity index (χ2n) is 6.18. The number of rotatable bonds is 5. The van der Waals surface area contributed by atoms with Crippen LogP contribution in [0.25, 0.3) is 0 Å². The number of piperidine rings is 1. The number of sulfonamides is 1. The van der Waals surface area contributed by atoms with Crippen molar-refractivity contribution in [3.8, 4) is 0 Å². The van der Waals surface area contributed by atoms with Crippen molar-refractivity contribution < 1.29 is 8.42 Å². The number of aromatic nitrogens is 3. The molecular formula is C16H23N5O2S. The molecule has 3 rings (SSSR count). The topological polar surface area (TPSA) is 91.0 Å². The van der Waals surface area contributed by atoms with Gasteiger partial charge in [0.15, 0.2) is 0 Å². The summed E-state index contributed by atoms with van der Waals surface area (Å²) in [6.07, 6.45) is 5.20. The van der Waals surface area contributed by atoms with Crippen molar-refractivity contribution >= 4 is 10.0 Å². The molecule has 130 valence electrons. The predicted molar refractivity (Wildman–Crippen MR) is 90.9 cm³/mol. The normalized spacial score (nSPS) is 17.2. The van der Waals surface area contributed by atoms with Crippen LogP contribution in [0.3, 0.4) is 0 Å². The van der Waals surface area contributed by atoms with Gasteiger partial charge in [-0.05, 0) is 38.3 Å². The Morgan fingerprint density at radius 3 is 2.67 bits per heavy atom. The maximum absolute atomic E-state index is 12.8. The van der Waals surface area contributed by atoms with Gasteiger partial charge in [0, 0.05) is 38.1 Å². The average Bonchev–Trinajstić information content (AvgIpc) is 2.93. The minimum atomic E-state index is -3.47. The Morgan fingerprint density at radius 1 is 1.33 bits per heavy atom. The smallest absolute Gasteiger partial charge is 0.246 e. The van der Waals surface area contributed by atoms with Crippen molar-refractivity contribution in [1.29, 1.82) is 0 Å². The summed E-state index contributed by atoms with van der Waals surface area (Å²) in [5.74, 6) is 0. The van der Waals surface area contributed by atoms with Crippen LogP contribution in [0.15, 0.2) is 29.4 Å². The molecule has 0 saturated carbocycles. The largest absolute Gasteiger partial charge is 0.310 e. The van der Waals surface area contributed by atoms with Crippen LogP contribution in [0.2, 0.25) is 0 Å². The molecule has 0 radical (unpaired) electrons. The zero-order valence-corrected chi connectivity index (χ0v) is 14.8. The molecule has 0 amide bonds. The van der Waals surface area contributed by atoms with E-state index < -0.39 is 10.0 Å².